The van der Waals surface area contributed by atoms with Gasteiger partial charge in [0, 0.05) is 5.56 Å². The number of furan rings is 1. The topological polar surface area (TPSA) is 93.5 Å². The van der Waals surface area contributed by atoms with Crippen LogP contribution in [0.3, 0.4) is 0 Å². The summed E-state index contributed by atoms with van der Waals surface area (Å²) in [6.07, 6.45) is 1.45. The van der Waals surface area contributed by atoms with Crippen molar-refractivity contribution in [2.75, 3.05) is 5.73 Å². The zero-order valence-corrected chi connectivity index (χ0v) is 12.0. The molecule has 106 valence electrons. The number of aryl methyl sites for hydroxylation is 1. The van der Waals surface area contributed by atoms with Crippen LogP contribution in [0, 0.1) is 6.92 Å². The SMILES string of the molecule is Cc1ccc(/C=N\NC(=O)c2ccc3nc(N)sc3c2)o1. The molecule has 0 spiro atoms. The predicted molar refractivity (Wildman–Crippen MR) is 82.5 cm³/mol. The number of benzene rings is 1. The molecule has 2 aromatic heterocycles. The highest BCUT2D eigenvalue weighted by atomic mass is 32.1. The van der Waals surface area contributed by atoms with Crippen molar-refractivity contribution in [1.82, 2.24) is 10.4 Å². The van der Waals surface area contributed by atoms with Gasteiger partial charge in [-0.3, -0.25) is 4.79 Å². The van der Waals surface area contributed by atoms with Crippen LogP contribution in [0.1, 0.15) is 21.9 Å². The monoisotopic (exact) mass is 300 g/mol. The van der Waals surface area contributed by atoms with Crippen molar-refractivity contribution in [3.63, 3.8) is 0 Å². The van der Waals surface area contributed by atoms with E-state index in [2.05, 4.69) is 15.5 Å². The number of hydrogen-bond donors (Lipinski definition) is 2. The van der Waals surface area contributed by atoms with E-state index in [0.717, 1.165) is 16.0 Å². The zero-order chi connectivity index (χ0) is 14.8. The first-order valence-electron chi connectivity index (χ1n) is 6.18. The number of nitrogens with one attached hydrogen (secondary N) is 1. The van der Waals surface area contributed by atoms with Crippen molar-refractivity contribution < 1.29 is 9.21 Å². The second kappa shape index (κ2) is 5.37. The maximum atomic E-state index is 12.0. The molecule has 3 aromatic rings. The Morgan fingerprint density at radius 2 is 2.29 bits per heavy atom. The van der Waals surface area contributed by atoms with Gasteiger partial charge in [0.15, 0.2) is 5.13 Å². The number of aromatic nitrogens is 1. The van der Waals surface area contributed by atoms with E-state index in [1.54, 1.807) is 24.3 Å². The molecule has 0 atom stereocenters. The molecule has 7 heteroatoms. The Hall–Kier alpha value is -2.67. The lowest BCUT2D eigenvalue weighted by Gasteiger charge is -1.99. The van der Waals surface area contributed by atoms with Gasteiger partial charge in [-0.25, -0.2) is 10.4 Å². The lowest BCUT2D eigenvalue weighted by molar-refractivity contribution is 0.0955. The summed E-state index contributed by atoms with van der Waals surface area (Å²) in [7, 11) is 0. The number of carbonyl (C=O) groups is 1. The average molecular weight is 300 g/mol. The Bertz CT molecular complexity index is 834. The Morgan fingerprint density at radius 1 is 1.43 bits per heavy atom. The fraction of sp³-hybridized carbons (Fsp3) is 0.0714. The van der Waals surface area contributed by atoms with Crippen LogP contribution in [-0.2, 0) is 0 Å². The highest BCUT2D eigenvalue weighted by Crippen LogP contribution is 2.24. The number of thiazole rings is 1. The van der Waals surface area contributed by atoms with Gasteiger partial charge in [0.1, 0.15) is 11.5 Å². The summed E-state index contributed by atoms with van der Waals surface area (Å²) in [6, 6.07) is 8.79. The molecule has 0 aliphatic rings. The van der Waals surface area contributed by atoms with Gasteiger partial charge in [0.2, 0.25) is 0 Å². The van der Waals surface area contributed by atoms with Gasteiger partial charge in [0.05, 0.1) is 16.4 Å². The summed E-state index contributed by atoms with van der Waals surface area (Å²) < 4.78 is 6.18. The molecule has 1 amide bonds. The Balaban J connectivity index is 1.72. The Morgan fingerprint density at radius 3 is 3.05 bits per heavy atom. The summed E-state index contributed by atoms with van der Waals surface area (Å²) in [5.41, 5.74) is 9.37. The second-order valence-electron chi connectivity index (χ2n) is 4.38. The third-order valence-electron chi connectivity index (χ3n) is 2.79. The van der Waals surface area contributed by atoms with Crippen LogP contribution in [0.15, 0.2) is 39.9 Å². The number of nitrogens with two attached hydrogens (primary N) is 1. The standard InChI is InChI=1S/C14H12N4O2S/c1-8-2-4-10(20-8)7-16-18-13(19)9-3-5-11-12(6-9)21-14(15)17-11/h2-7H,1H3,(H2,15,17)(H,18,19)/b16-7-. The molecule has 0 bridgehead atoms. The van der Waals surface area contributed by atoms with Gasteiger partial charge in [-0.1, -0.05) is 11.3 Å². The van der Waals surface area contributed by atoms with E-state index in [1.165, 1.54) is 17.6 Å². The lowest BCUT2D eigenvalue weighted by Crippen LogP contribution is -2.17. The molecule has 0 aliphatic heterocycles. The average Bonchev–Trinajstić information content (AvgIpc) is 3.02. The van der Waals surface area contributed by atoms with Crippen LogP contribution in [-0.4, -0.2) is 17.1 Å². The molecule has 6 nitrogen and oxygen atoms in total. The number of hydrazone groups is 1. The fourth-order valence-corrected chi connectivity index (χ4v) is 2.60. The zero-order valence-electron chi connectivity index (χ0n) is 11.2. The summed E-state index contributed by atoms with van der Waals surface area (Å²) in [5, 5.41) is 4.34. The molecule has 3 rings (SSSR count). The highest BCUT2D eigenvalue weighted by Gasteiger charge is 2.08. The molecule has 0 fully saturated rings. The highest BCUT2D eigenvalue weighted by molar-refractivity contribution is 7.22. The molecule has 0 saturated carbocycles. The van der Waals surface area contributed by atoms with Gasteiger partial charge in [-0.15, -0.1) is 0 Å². The van der Waals surface area contributed by atoms with E-state index in [-0.39, 0.29) is 5.91 Å². The third-order valence-corrected chi connectivity index (χ3v) is 3.63. The molecular formula is C14H12N4O2S. The number of rotatable bonds is 3. The summed E-state index contributed by atoms with van der Waals surface area (Å²) in [4.78, 5) is 16.1. The first-order chi connectivity index (χ1) is 10.1. The first kappa shape index (κ1) is 13.3. The molecule has 2 heterocycles. The molecule has 0 radical (unpaired) electrons. The van der Waals surface area contributed by atoms with E-state index < -0.39 is 0 Å². The number of hydrogen-bond acceptors (Lipinski definition) is 6. The Labute approximate surface area is 124 Å². The normalized spacial score (nSPS) is 11.3. The number of carbonyl (C=O) groups excluding carboxylic acids is 1. The summed E-state index contributed by atoms with van der Waals surface area (Å²) >= 11 is 1.34. The van der Waals surface area contributed by atoms with E-state index in [0.29, 0.717) is 16.5 Å². The molecule has 21 heavy (non-hydrogen) atoms. The molecular weight excluding hydrogens is 288 g/mol. The van der Waals surface area contributed by atoms with Crippen LogP contribution in [0.25, 0.3) is 10.2 Å². The maximum Gasteiger partial charge on any atom is 0.271 e. The van der Waals surface area contributed by atoms with Crippen LogP contribution >= 0.6 is 11.3 Å². The summed E-state index contributed by atoms with van der Waals surface area (Å²) in [6.45, 7) is 1.84. The number of nitrogens with zero attached hydrogens (tertiary/aromatic N) is 2. The number of fused-ring (bicyclic) bond motifs is 1. The summed E-state index contributed by atoms with van der Waals surface area (Å²) in [5.74, 6) is 1.07. The molecule has 0 unspecified atom stereocenters. The predicted octanol–water partition coefficient (Wildman–Crippen LogP) is 2.54. The van der Waals surface area contributed by atoms with Crippen LogP contribution in [0.4, 0.5) is 5.13 Å². The van der Waals surface area contributed by atoms with Gasteiger partial charge < -0.3 is 10.2 Å². The first-order valence-corrected chi connectivity index (χ1v) is 6.99. The molecule has 1 aromatic carbocycles. The lowest BCUT2D eigenvalue weighted by atomic mass is 10.2. The minimum atomic E-state index is -0.302. The Kier molecular flexibility index (Phi) is 3.41. The van der Waals surface area contributed by atoms with E-state index >= 15 is 0 Å². The van der Waals surface area contributed by atoms with Gasteiger partial charge >= 0.3 is 0 Å². The van der Waals surface area contributed by atoms with E-state index in [1.807, 2.05) is 13.0 Å². The molecule has 3 N–H and O–H groups in total. The van der Waals surface area contributed by atoms with Gasteiger partial charge in [-0.2, -0.15) is 5.10 Å². The van der Waals surface area contributed by atoms with Crippen LogP contribution in [0.5, 0.6) is 0 Å². The van der Waals surface area contributed by atoms with Crippen molar-refractivity contribution in [3.05, 3.63) is 47.4 Å². The van der Waals surface area contributed by atoms with Crippen molar-refractivity contribution in [2.24, 2.45) is 5.10 Å². The number of nitrogen functional groups attached to an aromatic ring is 1. The van der Waals surface area contributed by atoms with Crippen molar-refractivity contribution >= 4 is 38.8 Å². The smallest absolute Gasteiger partial charge is 0.271 e. The fourth-order valence-electron chi connectivity index (χ4n) is 1.83. The van der Waals surface area contributed by atoms with Crippen molar-refractivity contribution in [1.29, 1.82) is 0 Å². The van der Waals surface area contributed by atoms with Gasteiger partial charge in [0.25, 0.3) is 5.91 Å². The van der Waals surface area contributed by atoms with Crippen LogP contribution in [0.2, 0.25) is 0 Å². The number of amides is 1. The molecule has 0 aliphatic carbocycles. The third kappa shape index (κ3) is 2.92. The van der Waals surface area contributed by atoms with Crippen molar-refractivity contribution in [3.8, 4) is 0 Å². The minimum absolute atomic E-state index is 0.302. The second-order valence-corrected chi connectivity index (χ2v) is 5.44. The molecule has 0 saturated heterocycles. The minimum Gasteiger partial charge on any atom is -0.460 e. The van der Waals surface area contributed by atoms with Crippen molar-refractivity contribution in [2.45, 2.75) is 6.92 Å². The maximum absolute atomic E-state index is 12.0. The van der Waals surface area contributed by atoms with E-state index in [4.69, 9.17) is 10.2 Å². The quantitative estimate of drug-likeness (QED) is 0.574. The van der Waals surface area contributed by atoms with E-state index in [9.17, 15) is 4.79 Å². The number of anilines is 1. The largest absolute Gasteiger partial charge is 0.460 e. The van der Waals surface area contributed by atoms with Crippen LogP contribution < -0.4 is 11.2 Å². The van der Waals surface area contributed by atoms with Gasteiger partial charge in [-0.05, 0) is 37.3 Å².